The molecule has 0 heterocycles. The van der Waals surface area contributed by atoms with Crippen molar-refractivity contribution in [3.8, 4) is 0 Å². The average Bonchev–Trinajstić information content (AvgIpc) is 2.42. The van der Waals surface area contributed by atoms with E-state index in [1.54, 1.807) is 13.8 Å². The fourth-order valence-electron chi connectivity index (χ4n) is 1.75. The quantitative estimate of drug-likeness (QED) is 0.704. The number of amides is 1. The van der Waals surface area contributed by atoms with Crippen LogP contribution in [0.3, 0.4) is 0 Å². The lowest BCUT2D eigenvalue weighted by Gasteiger charge is -2.21. The van der Waals surface area contributed by atoms with Crippen molar-refractivity contribution in [3.05, 3.63) is 29.8 Å². The summed E-state index contributed by atoms with van der Waals surface area (Å²) in [4.78, 5) is 10.9. The van der Waals surface area contributed by atoms with Crippen molar-refractivity contribution in [3.63, 3.8) is 0 Å². The minimum atomic E-state index is -4.83. The summed E-state index contributed by atoms with van der Waals surface area (Å²) in [5.74, 6) is -0.693. The van der Waals surface area contributed by atoms with E-state index in [2.05, 4.69) is 5.32 Å². The third-order valence-electron chi connectivity index (χ3n) is 2.93. The molecule has 1 rings (SSSR count). The number of rotatable bonds is 6. The van der Waals surface area contributed by atoms with E-state index >= 15 is 0 Å². The number of alkyl halides is 3. The molecule has 0 saturated heterocycles. The molecule has 0 bridgehead atoms. The number of hydrogen-bond donors (Lipinski definition) is 3. The summed E-state index contributed by atoms with van der Waals surface area (Å²) in [6.45, 7) is 4.62. The van der Waals surface area contributed by atoms with Crippen molar-refractivity contribution in [2.75, 3.05) is 6.54 Å². The molecule has 0 aromatic heterocycles. The van der Waals surface area contributed by atoms with Gasteiger partial charge in [0.2, 0.25) is 15.9 Å². The predicted molar refractivity (Wildman–Crippen MR) is 82.5 cm³/mol. The van der Waals surface area contributed by atoms with Crippen LogP contribution in [-0.2, 0) is 21.0 Å². The highest BCUT2D eigenvalue weighted by Gasteiger charge is 2.37. The molecule has 1 aromatic carbocycles. The number of nitrogens with one attached hydrogen (secondary N) is 2. The Morgan fingerprint density at radius 2 is 1.79 bits per heavy atom. The van der Waals surface area contributed by atoms with Crippen molar-refractivity contribution in [2.24, 2.45) is 5.73 Å². The van der Waals surface area contributed by atoms with Gasteiger partial charge in [0.15, 0.2) is 0 Å². The minimum Gasteiger partial charge on any atom is -0.353 e. The topological polar surface area (TPSA) is 101 Å². The number of nitrogens with two attached hydrogens (primary N) is 1. The van der Waals surface area contributed by atoms with Gasteiger partial charge in [0.1, 0.15) is 0 Å². The van der Waals surface area contributed by atoms with Gasteiger partial charge in [0.25, 0.3) is 0 Å². The second-order valence-electron chi connectivity index (χ2n) is 6.04. The van der Waals surface area contributed by atoms with Crippen LogP contribution in [0.25, 0.3) is 0 Å². The van der Waals surface area contributed by atoms with E-state index in [1.165, 1.54) is 13.0 Å². The van der Waals surface area contributed by atoms with Crippen LogP contribution in [0.15, 0.2) is 29.2 Å². The van der Waals surface area contributed by atoms with Crippen molar-refractivity contribution in [2.45, 2.75) is 43.4 Å². The summed E-state index contributed by atoms with van der Waals surface area (Å²) in [5.41, 5.74) is 3.68. The molecular formula is C14H20F3N3O3S. The summed E-state index contributed by atoms with van der Waals surface area (Å²) in [6, 6.07) is 2.49. The van der Waals surface area contributed by atoms with Crippen molar-refractivity contribution in [1.29, 1.82) is 0 Å². The van der Waals surface area contributed by atoms with Gasteiger partial charge in [-0.2, -0.15) is 17.9 Å². The molecular weight excluding hydrogens is 347 g/mol. The first-order chi connectivity index (χ1) is 10.7. The lowest BCUT2D eigenvalue weighted by atomic mass is 10.1. The first-order valence-corrected chi connectivity index (χ1v) is 8.47. The molecule has 4 N–H and O–H groups in total. The maximum atomic E-state index is 12.9. The summed E-state index contributed by atoms with van der Waals surface area (Å²) in [5, 5.41) is 2.43. The maximum absolute atomic E-state index is 12.9. The lowest BCUT2D eigenvalue weighted by Crippen LogP contribution is -2.51. The molecule has 1 aromatic rings. The van der Waals surface area contributed by atoms with Gasteiger partial charge in [-0.15, -0.1) is 0 Å². The standard InChI is InChI=1S/C14H20F3N3O3S/c1-9(12(21)19-8-13(2,3)18)20-24(22,23)11-7-5-4-6-10(11)14(15,16)17/h4-7,9,20H,8,18H2,1-3H3,(H,19,21). The van der Waals surface area contributed by atoms with E-state index in [9.17, 15) is 26.4 Å². The smallest absolute Gasteiger partial charge is 0.353 e. The van der Waals surface area contributed by atoms with Crippen LogP contribution in [0.2, 0.25) is 0 Å². The van der Waals surface area contributed by atoms with Crippen molar-refractivity contribution >= 4 is 15.9 Å². The second kappa shape index (κ2) is 7.08. The first kappa shape index (κ1) is 20.4. The van der Waals surface area contributed by atoms with E-state index in [-0.39, 0.29) is 6.54 Å². The minimum absolute atomic E-state index is 0.0804. The van der Waals surface area contributed by atoms with E-state index in [0.29, 0.717) is 6.07 Å². The molecule has 1 unspecified atom stereocenters. The number of hydrogen-bond acceptors (Lipinski definition) is 4. The molecule has 0 radical (unpaired) electrons. The molecule has 0 aliphatic heterocycles. The molecule has 24 heavy (non-hydrogen) atoms. The van der Waals surface area contributed by atoms with Gasteiger partial charge >= 0.3 is 6.18 Å². The average molecular weight is 367 g/mol. The lowest BCUT2D eigenvalue weighted by molar-refractivity contribution is -0.139. The Labute approximate surface area is 138 Å². The molecule has 0 aliphatic rings. The molecule has 6 nitrogen and oxygen atoms in total. The van der Waals surface area contributed by atoms with Gasteiger partial charge in [-0.1, -0.05) is 12.1 Å². The van der Waals surface area contributed by atoms with Crippen LogP contribution in [0.1, 0.15) is 26.3 Å². The summed E-state index contributed by atoms with van der Waals surface area (Å²) >= 11 is 0. The fourth-order valence-corrected chi connectivity index (χ4v) is 3.18. The predicted octanol–water partition coefficient (Wildman–Crippen LogP) is 1.23. The van der Waals surface area contributed by atoms with Crippen LogP contribution in [0.5, 0.6) is 0 Å². The fraction of sp³-hybridized carbons (Fsp3) is 0.500. The Kier molecular flexibility index (Phi) is 6.01. The molecule has 0 fully saturated rings. The molecule has 0 spiro atoms. The van der Waals surface area contributed by atoms with Crippen LogP contribution in [-0.4, -0.2) is 32.5 Å². The molecule has 0 aliphatic carbocycles. The third kappa shape index (κ3) is 5.77. The molecule has 10 heteroatoms. The molecule has 0 saturated carbocycles. The first-order valence-electron chi connectivity index (χ1n) is 6.99. The zero-order valence-corrected chi connectivity index (χ0v) is 14.3. The van der Waals surface area contributed by atoms with E-state index < -0.39 is 44.1 Å². The normalized spacial score (nSPS) is 14.3. The number of sulfonamides is 1. The van der Waals surface area contributed by atoms with E-state index in [0.717, 1.165) is 12.1 Å². The summed E-state index contributed by atoms with van der Waals surface area (Å²) < 4.78 is 65.2. The maximum Gasteiger partial charge on any atom is 0.417 e. The van der Waals surface area contributed by atoms with E-state index in [4.69, 9.17) is 5.73 Å². The highest BCUT2D eigenvalue weighted by molar-refractivity contribution is 7.89. The zero-order chi connectivity index (χ0) is 18.8. The Bertz CT molecular complexity index is 697. The monoisotopic (exact) mass is 367 g/mol. The molecule has 1 atom stereocenters. The van der Waals surface area contributed by atoms with Crippen molar-refractivity contribution in [1.82, 2.24) is 10.0 Å². The van der Waals surface area contributed by atoms with Crippen LogP contribution < -0.4 is 15.8 Å². The third-order valence-corrected chi connectivity index (χ3v) is 4.52. The van der Waals surface area contributed by atoms with Crippen LogP contribution in [0.4, 0.5) is 13.2 Å². The summed E-state index contributed by atoms with van der Waals surface area (Å²) in [6.07, 6.45) is -4.83. The van der Waals surface area contributed by atoms with Gasteiger partial charge in [0.05, 0.1) is 16.5 Å². The number of halogens is 3. The number of carbonyl (C=O) groups excluding carboxylic acids is 1. The van der Waals surface area contributed by atoms with Crippen LogP contribution >= 0.6 is 0 Å². The molecule has 1 amide bonds. The zero-order valence-electron chi connectivity index (χ0n) is 13.4. The van der Waals surface area contributed by atoms with Gasteiger partial charge in [-0.3, -0.25) is 4.79 Å². The van der Waals surface area contributed by atoms with Gasteiger partial charge in [0, 0.05) is 12.1 Å². The summed E-state index contributed by atoms with van der Waals surface area (Å²) in [7, 11) is -4.53. The Hall–Kier alpha value is -1.65. The second-order valence-corrected chi connectivity index (χ2v) is 7.73. The van der Waals surface area contributed by atoms with E-state index in [1.807, 2.05) is 4.72 Å². The van der Waals surface area contributed by atoms with Crippen LogP contribution in [0, 0.1) is 0 Å². The Morgan fingerprint density at radius 3 is 2.29 bits per heavy atom. The van der Waals surface area contributed by atoms with Gasteiger partial charge in [-0.25, -0.2) is 8.42 Å². The molecule has 136 valence electrons. The highest BCUT2D eigenvalue weighted by Crippen LogP contribution is 2.33. The number of carbonyl (C=O) groups is 1. The van der Waals surface area contributed by atoms with Crippen molar-refractivity contribution < 1.29 is 26.4 Å². The highest BCUT2D eigenvalue weighted by atomic mass is 32.2. The number of benzene rings is 1. The Balaban J connectivity index is 2.97. The van der Waals surface area contributed by atoms with Gasteiger partial charge < -0.3 is 11.1 Å². The SMILES string of the molecule is CC(NS(=O)(=O)c1ccccc1C(F)(F)F)C(=O)NCC(C)(C)N. The van der Waals surface area contributed by atoms with Gasteiger partial charge in [-0.05, 0) is 32.9 Å². The largest absolute Gasteiger partial charge is 0.417 e. The Morgan fingerprint density at radius 1 is 1.25 bits per heavy atom.